The summed E-state index contributed by atoms with van der Waals surface area (Å²) in [4.78, 5) is 0. The molecule has 0 saturated heterocycles. The summed E-state index contributed by atoms with van der Waals surface area (Å²) in [5.41, 5.74) is 5.66. The summed E-state index contributed by atoms with van der Waals surface area (Å²) in [6.45, 7) is 0. The van der Waals surface area contributed by atoms with Crippen molar-refractivity contribution < 1.29 is 34.7 Å². The average molecular weight is 157 g/mol. The van der Waals surface area contributed by atoms with Crippen molar-refractivity contribution in [2.45, 2.75) is 0 Å². The van der Waals surface area contributed by atoms with Crippen LogP contribution < -0.4 is 40.4 Å². The first-order valence-corrected chi connectivity index (χ1v) is 2.99. The molecule has 1 rings (SSSR count). The summed E-state index contributed by atoms with van der Waals surface area (Å²) in [6, 6.07) is 8.91. The monoisotopic (exact) mass is 157 g/mol. The maximum absolute atomic E-state index is 10.8. The molecular weight excluding hydrogens is 149 g/mol. The minimum atomic E-state index is -0.138. The van der Waals surface area contributed by atoms with Crippen molar-refractivity contribution in [3.05, 3.63) is 42.1 Å². The molecule has 0 aliphatic rings. The van der Waals surface area contributed by atoms with E-state index in [2.05, 4.69) is 0 Å². The third-order valence-corrected chi connectivity index (χ3v) is 1.21. The van der Waals surface area contributed by atoms with Crippen LogP contribution in [0.25, 0.3) is 5.76 Å². The van der Waals surface area contributed by atoms with Crippen molar-refractivity contribution in [3.63, 3.8) is 0 Å². The van der Waals surface area contributed by atoms with Gasteiger partial charge in [0.15, 0.2) is 0 Å². The second-order valence-corrected chi connectivity index (χ2v) is 1.90. The van der Waals surface area contributed by atoms with E-state index in [1.807, 2.05) is 6.07 Å². The van der Waals surface area contributed by atoms with E-state index in [-0.39, 0.29) is 35.3 Å². The SMILES string of the molecule is N/C=C(\[O-])c1ccccc1.[Na+]. The molecule has 0 aromatic heterocycles. The van der Waals surface area contributed by atoms with Crippen molar-refractivity contribution in [3.8, 4) is 0 Å². The molecule has 0 heterocycles. The molecule has 0 atom stereocenters. The number of rotatable bonds is 1. The summed E-state index contributed by atoms with van der Waals surface area (Å²) < 4.78 is 0. The van der Waals surface area contributed by atoms with E-state index in [4.69, 9.17) is 5.73 Å². The minimum absolute atomic E-state index is 0. The smallest absolute Gasteiger partial charge is 0.871 e. The zero-order valence-electron chi connectivity index (χ0n) is 6.45. The van der Waals surface area contributed by atoms with Crippen molar-refractivity contribution in [1.82, 2.24) is 0 Å². The maximum Gasteiger partial charge on any atom is 1.00 e. The molecule has 0 saturated carbocycles. The molecule has 2 N–H and O–H groups in total. The van der Waals surface area contributed by atoms with Crippen LogP contribution in [0.5, 0.6) is 0 Å². The fourth-order valence-electron chi connectivity index (χ4n) is 0.699. The predicted molar refractivity (Wildman–Crippen MR) is 38.6 cm³/mol. The van der Waals surface area contributed by atoms with Crippen LogP contribution in [0, 0.1) is 0 Å². The fourth-order valence-corrected chi connectivity index (χ4v) is 0.699. The Balaban J connectivity index is 0.000001000. The first-order chi connectivity index (χ1) is 4.84. The Labute approximate surface area is 88.0 Å². The Morgan fingerprint density at radius 1 is 1.27 bits per heavy atom. The van der Waals surface area contributed by atoms with Gasteiger partial charge in [0.25, 0.3) is 0 Å². The Morgan fingerprint density at radius 2 is 1.82 bits per heavy atom. The van der Waals surface area contributed by atoms with Gasteiger partial charge in [-0.15, -0.1) is 0 Å². The molecule has 0 aliphatic carbocycles. The van der Waals surface area contributed by atoms with E-state index in [1.165, 1.54) is 0 Å². The fraction of sp³-hybridized carbons (Fsp3) is 0. The second-order valence-electron chi connectivity index (χ2n) is 1.90. The molecule has 11 heavy (non-hydrogen) atoms. The van der Waals surface area contributed by atoms with Gasteiger partial charge in [0.1, 0.15) is 0 Å². The standard InChI is InChI=1S/C8H9NO.Na/c9-6-8(10)7-4-2-1-3-5-7;/h1-6,10H,9H2;/q;+1/p-1/b8-6-;. The summed E-state index contributed by atoms with van der Waals surface area (Å²) in [7, 11) is 0. The molecule has 0 spiro atoms. The molecule has 2 nitrogen and oxygen atoms in total. The summed E-state index contributed by atoms with van der Waals surface area (Å²) >= 11 is 0. The molecule has 1 aromatic rings. The molecule has 0 bridgehead atoms. The number of hydrogen-bond donors (Lipinski definition) is 1. The van der Waals surface area contributed by atoms with Gasteiger partial charge in [0, 0.05) is 0 Å². The third-order valence-electron chi connectivity index (χ3n) is 1.21. The number of nitrogens with two attached hydrogens (primary N) is 1. The minimum Gasteiger partial charge on any atom is -0.871 e. The van der Waals surface area contributed by atoms with Crippen LogP contribution in [-0.2, 0) is 0 Å². The van der Waals surface area contributed by atoms with Gasteiger partial charge in [-0.05, 0) is 11.8 Å². The van der Waals surface area contributed by atoms with Crippen LogP contribution in [0.2, 0.25) is 0 Å². The molecule has 52 valence electrons. The summed E-state index contributed by atoms with van der Waals surface area (Å²) in [6.07, 6.45) is 1.06. The zero-order valence-corrected chi connectivity index (χ0v) is 8.45. The van der Waals surface area contributed by atoms with Gasteiger partial charge >= 0.3 is 29.6 Å². The van der Waals surface area contributed by atoms with Gasteiger partial charge in [-0.1, -0.05) is 36.1 Å². The van der Waals surface area contributed by atoms with Gasteiger partial charge in [0.2, 0.25) is 0 Å². The van der Waals surface area contributed by atoms with E-state index in [9.17, 15) is 5.11 Å². The normalized spacial score (nSPS) is 10.4. The molecule has 0 fully saturated rings. The topological polar surface area (TPSA) is 49.1 Å². The molecule has 0 radical (unpaired) electrons. The molecule has 0 unspecified atom stereocenters. The Morgan fingerprint density at radius 3 is 2.27 bits per heavy atom. The molecule has 0 amide bonds. The van der Waals surface area contributed by atoms with Crippen molar-refractivity contribution in [2.75, 3.05) is 0 Å². The van der Waals surface area contributed by atoms with Crippen LogP contribution in [0.15, 0.2) is 36.5 Å². The van der Waals surface area contributed by atoms with Crippen LogP contribution in [-0.4, -0.2) is 0 Å². The Bertz CT molecular complexity index is 233. The Hall–Kier alpha value is -0.440. The summed E-state index contributed by atoms with van der Waals surface area (Å²) in [5.74, 6) is -0.138. The van der Waals surface area contributed by atoms with E-state index < -0.39 is 0 Å². The third kappa shape index (κ3) is 2.97. The van der Waals surface area contributed by atoms with Gasteiger partial charge in [-0.25, -0.2) is 0 Å². The quantitative estimate of drug-likeness (QED) is 0.356. The average Bonchev–Trinajstić information content (AvgIpc) is 2.05. The molecule has 3 heteroatoms. The van der Waals surface area contributed by atoms with Crippen molar-refractivity contribution in [2.24, 2.45) is 5.73 Å². The summed E-state index contributed by atoms with van der Waals surface area (Å²) in [5, 5.41) is 10.8. The predicted octanol–water partition coefficient (Wildman–Crippen LogP) is -2.69. The zero-order chi connectivity index (χ0) is 7.40. The van der Waals surface area contributed by atoms with Crippen LogP contribution in [0.4, 0.5) is 0 Å². The Kier molecular flexibility index (Phi) is 5.03. The van der Waals surface area contributed by atoms with E-state index in [1.54, 1.807) is 24.3 Å². The largest absolute Gasteiger partial charge is 1.00 e. The maximum atomic E-state index is 10.8. The van der Waals surface area contributed by atoms with Crippen molar-refractivity contribution >= 4 is 5.76 Å². The van der Waals surface area contributed by atoms with Crippen LogP contribution in [0.3, 0.4) is 0 Å². The number of benzene rings is 1. The molecular formula is C8H8NNaO. The van der Waals surface area contributed by atoms with Crippen LogP contribution in [0.1, 0.15) is 5.56 Å². The van der Waals surface area contributed by atoms with E-state index >= 15 is 0 Å². The first-order valence-electron chi connectivity index (χ1n) is 2.99. The van der Waals surface area contributed by atoms with Gasteiger partial charge < -0.3 is 10.8 Å². The second kappa shape index (κ2) is 5.24. The van der Waals surface area contributed by atoms with Gasteiger partial charge in [0.05, 0.1) is 0 Å². The van der Waals surface area contributed by atoms with E-state index in [0.717, 1.165) is 6.20 Å². The van der Waals surface area contributed by atoms with Gasteiger partial charge in [-0.3, -0.25) is 0 Å². The first kappa shape index (κ1) is 10.6. The number of hydrogen-bond acceptors (Lipinski definition) is 2. The van der Waals surface area contributed by atoms with Crippen LogP contribution >= 0.6 is 0 Å². The van der Waals surface area contributed by atoms with Crippen molar-refractivity contribution in [1.29, 1.82) is 0 Å². The van der Waals surface area contributed by atoms with Gasteiger partial charge in [-0.2, -0.15) is 0 Å². The molecule has 1 aromatic carbocycles. The van der Waals surface area contributed by atoms with E-state index in [0.29, 0.717) is 5.56 Å². The molecule has 0 aliphatic heterocycles.